The fraction of sp³-hybridized carbons (Fsp3) is 0.167. The summed E-state index contributed by atoms with van der Waals surface area (Å²) in [5.41, 5.74) is 6.16. The molecule has 94 valence electrons. The molecule has 0 radical (unpaired) electrons. The van der Waals surface area contributed by atoms with Crippen LogP contribution in [-0.4, -0.2) is 16.2 Å². The number of nitrogens with zero attached hydrogens (tertiary/aromatic N) is 2. The van der Waals surface area contributed by atoms with Crippen molar-refractivity contribution in [3.05, 3.63) is 51.6 Å². The fourth-order valence-corrected chi connectivity index (χ4v) is 1.80. The van der Waals surface area contributed by atoms with Crippen LogP contribution in [0.3, 0.4) is 0 Å². The van der Waals surface area contributed by atoms with E-state index in [1.54, 1.807) is 12.1 Å². The van der Waals surface area contributed by atoms with Crippen LogP contribution in [0.15, 0.2) is 46.1 Å². The van der Waals surface area contributed by atoms with Gasteiger partial charge >= 0.3 is 0 Å². The van der Waals surface area contributed by atoms with Gasteiger partial charge in [-0.25, -0.2) is 4.98 Å². The molecule has 18 heavy (non-hydrogen) atoms. The zero-order chi connectivity index (χ0) is 13.0. The second-order valence-electron chi connectivity index (χ2n) is 3.66. The van der Waals surface area contributed by atoms with E-state index in [-0.39, 0.29) is 5.56 Å². The second-order valence-corrected chi connectivity index (χ2v) is 4.52. The van der Waals surface area contributed by atoms with E-state index in [0.29, 0.717) is 29.1 Å². The van der Waals surface area contributed by atoms with E-state index in [1.165, 1.54) is 17.1 Å². The number of nitrogen functional groups attached to an aromatic ring is 1. The van der Waals surface area contributed by atoms with Crippen LogP contribution in [0.4, 0.5) is 5.69 Å². The van der Waals surface area contributed by atoms with E-state index in [1.807, 2.05) is 12.1 Å². The van der Waals surface area contributed by atoms with Crippen LogP contribution in [-0.2, 0) is 6.54 Å². The highest BCUT2D eigenvalue weighted by atomic mass is 79.9. The average molecular weight is 310 g/mol. The molecule has 5 nitrogen and oxygen atoms in total. The summed E-state index contributed by atoms with van der Waals surface area (Å²) in [4.78, 5) is 15.6. The number of aromatic nitrogens is 2. The number of anilines is 1. The van der Waals surface area contributed by atoms with Crippen LogP contribution in [0.1, 0.15) is 0 Å². The van der Waals surface area contributed by atoms with Gasteiger partial charge in [0.05, 0.1) is 12.9 Å². The molecule has 0 amide bonds. The quantitative estimate of drug-likeness (QED) is 0.872. The van der Waals surface area contributed by atoms with Gasteiger partial charge in [0.15, 0.2) is 0 Å². The number of halogens is 1. The van der Waals surface area contributed by atoms with Crippen molar-refractivity contribution in [2.75, 3.05) is 12.3 Å². The standard InChI is InChI=1S/C12H12BrN3O2/c13-11-7-15-8-16(12(11)17)4-5-18-10-3-1-2-9(14)6-10/h1-3,6-8H,4-5,14H2. The molecule has 0 aliphatic carbocycles. The minimum atomic E-state index is -0.124. The third-order valence-electron chi connectivity index (χ3n) is 2.32. The largest absolute Gasteiger partial charge is 0.492 e. The molecule has 0 aliphatic heterocycles. The molecule has 0 unspecified atom stereocenters. The van der Waals surface area contributed by atoms with E-state index < -0.39 is 0 Å². The first-order valence-electron chi connectivity index (χ1n) is 5.35. The Hall–Kier alpha value is -1.82. The Kier molecular flexibility index (Phi) is 3.99. The first kappa shape index (κ1) is 12.6. The number of hydrogen-bond donors (Lipinski definition) is 1. The van der Waals surface area contributed by atoms with Crippen molar-refractivity contribution in [2.24, 2.45) is 0 Å². The molecule has 1 aromatic carbocycles. The molecule has 0 saturated heterocycles. The third-order valence-corrected chi connectivity index (χ3v) is 2.86. The second kappa shape index (κ2) is 5.68. The van der Waals surface area contributed by atoms with Gasteiger partial charge < -0.3 is 10.5 Å². The van der Waals surface area contributed by atoms with Gasteiger partial charge in [-0.15, -0.1) is 0 Å². The molecule has 2 aromatic rings. The van der Waals surface area contributed by atoms with Crippen molar-refractivity contribution < 1.29 is 4.74 Å². The Bertz CT molecular complexity index is 598. The number of benzene rings is 1. The van der Waals surface area contributed by atoms with Crippen molar-refractivity contribution in [1.82, 2.24) is 9.55 Å². The van der Waals surface area contributed by atoms with Gasteiger partial charge in [0.2, 0.25) is 0 Å². The van der Waals surface area contributed by atoms with E-state index >= 15 is 0 Å². The van der Waals surface area contributed by atoms with Crippen LogP contribution >= 0.6 is 15.9 Å². The maximum absolute atomic E-state index is 11.7. The Labute approximate surface area is 112 Å². The molecule has 0 spiro atoms. The van der Waals surface area contributed by atoms with Crippen LogP contribution < -0.4 is 16.0 Å². The van der Waals surface area contributed by atoms with Gasteiger partial charge in [0.25, 0.3) is 5.56 Å². The molecule has 2 N–H and O–H groups in total. The summed E-state index contributed by atoms with van der Waals surface area (Å²) < 4.78 is 7.42. The highest BCUT2D eigenvalue weighted by Gasteiger charge is 2.01. The zero-order valence-corrected chi connectivity index (χ0v) is 11.1. The molecular formula is C12H12BrN3O2. The normalized spacial score (nSPS) is 10.3. The van der Waals surface area contributed by atoms with Crippen LogP contribution in [0.2, 0.25) is 0 Å². The lowest BCUT2D eigenvalue weighted by Gasteiger charge is -2.08. The molecule has 0 fully saturated rings. The molecule has 1 aromatic heterocycles. The summed E-state index contributed by atoms with van der Waals surface area (Å²) >= 11 is 3.14. The van der Waals surface area contributed by atoms with Crippen molar-refractivity contribution in [3.63, 3.8) is 0 Å². The van der Waals surface area contributed by atoms with Gasteiger partial charge in [-0.1, -0.05) is 6.07 Å². The number of hydrogen-bond acceptors (Lipinski definition) is 4. The lowest BCUT2D eigenvalue weighted by molar-refractivity contribution is 0.295. The summed E-state index contributed by atoms with van der Waals surface area (Å²) in [5, 5.41) is 0. The van der Waals surface area contributed by atoms with Gasteiger partial charge in [-0.05, 0) is 28.1 Å². The Morgan fingerprint density at radius 2 is 2.28 bits per heavy atom. The van der Waals surface area contributed by atoms with E-state index in [4.69, 9.17) is 10.5 Å². The van der Waals surface area contributed by atoms with E-state index in [2.05, 4.69) is 20.9 Å². The van der Waals surface area contributed by atoms with Crippen molar-refractivity contribution >= 4 is 21.6 Å². The SMILES string of the molecule is Nc1cccc(OCCn2cncc(Br)c2=O)c1. The highest BCUT2D eigenvalue weighted by molar-refractivity contribution is 9.10. The van der Waals surface area contributed by atoms with Crippen molar-refractivity contribution in [3.8, 4) is 5.75 Å². The molecule has 6 heteroatoms. The van der Waals surface area contributed by atoms with Gasteiger partial charge in [0.1, 0.15) is 16.8 Å². The third kappa shape index (κ3) is 3.10. The molecule has 0 saturated carbocycles. The predicted octanol–water partition coefficient (Wildman–Crippen LogP) is 1.67. The van der Waals surface area contributed by atoms with Crippen LogP contribution in [0.25, 0.3) is 0 Å². The molecule has 0 aliphatic rings. The summed E-state index contributed by atoms with van der Waals surface area (Å²) in [6, 6.07) is 7.16. The Morgan fingerprint density at radius 1 is 1.44 bits per heavy atom. The number of rotatable bonds is 4. The molecular weight excluding hydrogens is 298 g/mol. The fourth-order valence-electron chi connectivity index (χ4n) is 1.45. The highest BCUT2D eigenvalue weighted by Crippen LogP contribution is 2.14. The van der Waals surface area contributed by atoms with E-state index in [9.17, 15) is 4.79 Å². The Balaban J connectivity index is 1.97. The first-order valence-corrected chi connectivity index (χ1v) is 6.14. The lowest BCUT2D eigenvalue weighted by atomic mass is 10.3. The van der Waals surface area contributed by atoms with E-state index in [0.717, 1.165) is 0 Å². The Morgan fingerprint density at radius 3 is 3.06 bits per heavy atom. The zero-order valence-electron chi connectivity index (χ0n) is 9.54. The number of nitrogens with two attached hydrogens (primary N) is 1. The number of ether oxygens (including phenoxy) is 1. The maximum atomic E-state index is 11.7. The lowest BCUT2D eigenvalue weighted by Crippen LogP contribution is -2.23. The average Bonchev–Trinajstić information content (AvgIpc) is 2.35. The first-order chi connectivity index (χ1) is 8.66. The predicted molar refractivity (Wildman–Crippen MR) is 72.5 cm³/mol. The molecule has 1 heterocycles. The summed E-state index contributed by atoms with van der Waals surface area (Å²) in [6.07, 6.45) is 2.95. The van der Waals surface area contributed by atoms with Crippen molar-refractivity contribution in [2.45, 2.75) is 6.54 Å². The van der Waals surface area contributed by atoms with Crippen LogP contribution in [0.5, 0.6) is 5.75 Å². The summed E-state index contributed by atoms with van der Waals surface area (Å²) in [6.45, 7) is 0.807. The smallest absolute Gasteiger partial charge is 0.267 e. The summed E-state index contributed by atoms with van der Waals surface area (Å²) in [5.74, 6) is 0.686. The molecule has 0 atom stereocenters. The molecule has 2 rings (SSSR count). The minimum absolute atomic E-state index is 0.124. The van der Waals surface area contributed by atoms with Gasteiger partial charge in [0, 0.05) is 18.0 Å². The minimum Gasteiger partial charge on any atom is -0.492 e. The molecule has 0 bridgehead atoms. The van der Waals surface area contributed by atoms with Crippen molar-refractivity contribution in [1.29, 1.82) is 0 Å². The summed E-state index contributed by atoms with van der Waals surface area (Å²) in [7, 11) is 0. The maximum Gasteiger partial charge on any atom is 0.267 e. The topological polar surface area (TPSA) is 70.1 Å². The van der Waals surface area contributed by atoms with Crippen LogP contribution in [0, 0.1) is 0 Å². The monoisotopic (exact) mass is 309 g/mol. The van der Waals surface area contributed by atoms with Gasteiger partial charge in [-0.2, -0.15) is 0 Å². The van der Waals surface area contributed by atoms with Gasteiger partial charge in [-0.3, -0.25) is 9.36 Å².